The van der Waals surface area contributed by atoms with E-state index in [9.17, 15) is 9.36 Å². The molecule has 0 unspecified atom stereocenters. The Labute approximate surface area is 103 Å². The molecular formula is C3H5BaO6P. The van der Waals surface area contributed by atoms with Gasteiger partial charge in [-0.15, -0.1) is 0 Å². The molecule has 0 aromatic rings. The Kier molecular flexibility index (Phi) is 6.99. The number of hydrogen-bond donors (Lipinski definition) is 3. The van der Waals surface area contributed by atoms with Crippen LogP contribution in [-0.4, -0.2) is 69.7 Å². The third kappa shape index (κ3) is 8.64. The van der Waals surface area contributed by atoms with Gasteiger partial charge in [0.25, 0.3) is 0 Å². The fraction of sp³-hybridized carbons (Fsp3) is 0. The molecule has 0 saturated carbocycles. The Balaban J connectivity index is 0. The summed E-state index contributed by atoms with van der Waals surface area (Å²) in [5.41, 5.74) is 0. The van der Waals surface area contributed by atoms with Crippen LogP contribution in [0.3, 0.4) is 0 Å². The first-order valence-corrected chi connectivity index (χ1v) is 3.53. The molecule has 0 aromatic heterocycles. The van der Waals surface area contributed by atoms with Gasteiger partial charge in [0.15, 0.2) is 0 Å². The van der Waals surface area contributed by atoms with E-state index in [-0.39, 0.29) is 48.9 Å². The van der Waals surface area contributed by atoms with Crippen LogP contribution in [0.2, 0.25) is 0 Å². The van der Waals surface area contributed by atoms with E-state index in [4.69, 9.17) is 14.9 Å². The largest absolute Gasteiger partial charge is 0.525 e. The third-order valence-corrected chi connectivity index (χ3v) is 0.926. The molecule has 11 heavy (non-hydrogen) atoms. The molecule has 0 atom stereocenters. The zero-order valence-electron chi connectivity index (χ0n) is 5.43. The zero-order valence-corrected chi connectivity index (χ0v) is 10.8. The standard InChI is InChI=1S/C3H5O6P.Ba/c1-2(3(4)5)9-10(6,7)8;/h1H2,(H,4,5)(H2,6,7,8);. The predicted molar refractivity (Wildman–Crippen MR) is 35.7 cm³/mol. The summed E-state index contributed by atoms with van der Waals surface area (Å²) in [4.78, 5) is 25.8. The summed E-state index contributed by atoms with van der Waals surface area (Å²) < 4.78 is 13.5. The SMILES string of the molecule is C=C(OP(=O)(O)O)C(=O)O.[Ba]. The molecule has 0 aliphatic carbocycles. The van der Waals surface area contributed by atoms with Gasteiger partial charge in [0, 0.05) is 48.9 Å². The number of phosphoric ester groups is 1. The van der Waals surface area contributed by atoms with Gasteiger partial charge < -0.3 is 9.63 Å². The van der Waals surface area contributed by atoms with Gasteiger partial charge in [0.05, 0.1) is 0 Å². The predicted octanol–water partition coefficient (Wildman–Crippen LogP) is -0.687. The molecule has 0 rings (SSSR count). The van der Waals surface area contributed by atoms with Crippen LogP contribution in [0, 0.1) is 0 Å². The van der Waals surface area contributed by atoms with Gasteiger partial charge in [-0.05, 0) is 6.58 Å². The first kappa shape index (κ1) is 14.3. The van der Waals surface area contributed by atoms with E-state index in [1.807, 2.05) is 0 Å². The summed E-state index contributed by atoms with van der Waals surface area (Å²) in [5, 5.41) is 7.98. The van der Waals surface area contributed by atoms with Gasteiger partial charge in [-0.25, -0.2) is 9.36 Å². The number of carboxylic acid groups (broad SMARTS) is 1. The van der Waals surface area contributed by atoms with Crippen molar-refractivity contribution in [3.63, 3.8) is 0 Å². The van der Waals surface area contributed by atoms with E-state index in [1.165, 1.54) is 0 Å². The number of phosphoric acid groups is 1. The van der Waals surface area contributed by atoms with Crippen LogP contribution in [0.25, 0.3) is 0 Å². The normalized spacial score (nSPS) is 9.64. The molecule has 3 N–H and O–H groups in total. The average molecular weight is 305 g/mol. The molecule has 0 aromatic carbocycles. The van der Waals surface area contributed by atoms with Crippen LogP contribution in [0.4, 0.5) is 0 Å². The molecule has 6 nitrogen and oxygen atoms in total. The van der Waals surface area contributed by atoms with Crippen LogP contribution >= 0.6 is 7.82 Å². The molecule has 0 aliphatic heterocycles. The first-order chi connectivity index (χ1) is 4.33. The second-order valence-electron chi connectivity index (χ2n) is 1.31. The Morgan fingerprint density at radius 3 is 1.91 bits per heavy atom. The van der Waals surface area contributed by atoms with E-state index in [0.717, 1.165) is 0 Å². The topological polar surface area (TPSA) is 104 Å². The molecule has 2 radical (unpaired) electrons. The van der Waals surface area contributed by atoms with E-state index in [1.54, 1.807) is 0 Å². The van der Waals surface area contributed by atoms with Crippen molar-refractivity contribution in [2.45, 2.75) is 0 Å². The molecule has 0 amide bonds. The van der Waals surface area contributed by atoms with Gasteiger partial charge in [-0.1, -0.05) is 0 Å². The number of rotatable bonds is 3. The van der Waals surface area contributed by atoms with Crippen LogP contribution in [-0.2, 0) is 13.9 Å². The summed E-state index contributed by atoms with van der Waals surface area (Å²) in [7, 11) is -4.76. The maximum absolute atomic E-state index is 9.89. The summed E-state index contributed by atoms with van der Waals surface area (Å²) in [6.45, 7) is 2.73. The molecule has 0 saturated heterocycles. The maximum Gasteiger partial charge on any atom is 0.525 e. The molecule has 0 fully saturated rings. The molecular weight excluding hydrogens is 300 g/mol. The fourth-order valence-corrected chi connectivity index (χ4v) is 0.548. The summed E-state index contributed by atoms with van der Waals surface area (Å²) in [6, 6.07) is 0. The minimum atomic E-state index is -4.76. The summed E-state index contributed by atoms with van der Waals surface area (Å²) in [5.74, 6) is -2.59. The Morgan fingerprint density at radius 2 is 1.82 bits per heavy atom. The monoisotopic (exact) mass is 306 g/mol. The molecule has 8 heteroatoms. The van der Waals surface area contributed by atoms with Crippen molar-refractivity contribution >= 4 is 62.7 Å². The summed E-state index contributed by atoms with van der Waals surface area (Å²) >= 11 is 0. The third-order valence-electron chi connectivity index (χ3n) is 0.468. The van der Waals surface area contributed by atoms with Crippen molar-refractivity contribution in [2.24, 2.45) is 0 Å². The smallest absolute Gasteiger partial charge is 0.475 e. The summed E-state index contributed by atoms with van der Waals surface area (Å²) in [6.07, 6.45) is 0. The Morgan fingerprint density at radius 1 is 1.45 bits per heavy atom. The van der Waals surface area contributed by atoms with E-state index in [2.05, 4.69) is 11.1 Å². The maximum atomic E-state index is 9.89. The van der Waals surface area contributed by atoms with Crippen LogP contribution < -0.4 is 0 Å². The van der Waals surface area contributed by atoms with Crippen molar-refractivity contribution in [2.75, 3.05) is 0 Å². The minimum absolute atomic E-state index is 0. The molecule has 60 valence electrons. The quantitative estimate of drug-likeness (QED) is 0.276. The molecule has 0 bridgehead atoms. The second kappa shape index (κ2) is 5.39. The number of carbonyl (C=O) groups is 1. The van der Waals surface area contributed by atoms with E-state index < -0.39 is 19.6 Å². The van der Waals surface area contributed by atoms with Gasteiger partial charge in [0.1, 0.15) is 0 Å². The van der Waals surface area contributed by atoms with Crippen molar-refractivity contribution in [1.29, 1.82) is 0 Å². The van der Waals surface area contributed by atoms with E-state index >= 15 is 0 Å². The van der Waals surface area contributed by atoms with E-state index in [0.29, 0.717) is 0 Å². The van der Waals surface area contributed by atoms with Gasteiger partial charge in [-0.3, -0.25) is 9.79 Å². The van der Waals surface area contributed by atoms with Gasteiger partial charge >= 0.3 is 13.8 Å². The van der Waals surface area contributed by atoms with Crippen LogP contribution in [0.5, 0.6) is 0 Å². The molecule has 0 heterocycles. The number of aliphatic carboxylic acids is 1. The Hall–Kier alpha value is 0.731. The van der Waals surface area contributed by atoms with Gasteiger partial charge in [-0.2, -0.15) is 0 Å². The van der Waals surface area contributed by atoms with Crippen LogP contribution in [0.1, 0.15) is 0 Å². The molecule has 0 aliphatic rings. The number of carboxylic acids is 1. The second-order valence-corrected chi connectivity index (χ2v) is 2.47. The average Bonchev–Trinajstić information content (AvgIpc) is 1.60. The van der Waals surface area contributed by atoms with Crippen molar-refractivity contribution < 1.29 is 28.8 Å². The minimum Gasteiger partial charge on any atom is -0.475 e. The molecule has 0 spiro atoms. The fourth-order valence-electron chi connectivity index (χ4n) is 0.183. The Bertz CT molecular complexity index is 206. The number of hydrogen-bond acceptors (Lipinski definition) is 3. The van der Waals surface area contributed by atoms with Gasteiger partial charge in [0.2, 0.25) is 5.76 Å². The zero-order chi connectivity index (χ0) is 8.36. The van der Waals surface area contributed by atoms with Crippen molar-refractivity contribution in [3.8, 4) is 0 Å². The van der Waals surface area contributed by atoms with Crippen molar-refractivity contribution in [3.05, 3.63) is 12.3 Å². The first-order valence-electron chi connectivity index (χ1n) is 2.00. The van der Waals surface area contributed by atoms with Crippen molar-refractivity contribution in [1.82, 2.24) is 0 Å². The van der Waals surface area contributed by atoms with Crippen LogP contribution in [0.15, 0.2) is 12.3 Å².